The molecule has 0 radical (unpaired) electrons. The van der Waals surface area contributed by atoms with Crippen molar-refractivity contribution in [2.24, 2.45) is 17.6 Å². The van der Waals surface area contributed by atoms with Gasteiger partial charge in [0.05, 0.1) is 0 Å². The smallest absolute Gasteiger partial charge is 0.222 e. The number of carbonyl (C=O) groups excluding carboxylic acids is 1. The maximum absolute atomic E-state index is 12.5. The molecule has 2 N–H and O–H groups in total. The Kier molecular flexibility index (Phi) is 9.95. The molecule has 2 heterocycles. The summed E-state index contributed by atoms with van der Waals surface area (Å²) in [5.41, 5.74) is 6.19. The van der Waals surface area contributed by atoms with Crippen LogP contribution in [0.1, 0.15) is 57.8 Å². The van der Waals surface area contributed by atoms with Gasteiger partial charge in [0.2, 0.25) is 5.91 Å². The van der Waals surface area contributed by atoms with Gasteiger partial charge in [-0.25, -0.2) is 0 Å². The van der Waals surface area contributed by atoms with Crippen molar-refractivity contribution in [3.05, 3.63) is 0 Å². The second-order valence-electron chi connectivity index (χ2n) is 7.74. The van der Waals surface area contributed by atoms with Crippen molar-refractivity contribution in [3.8, 4) is 0 Å². The molecule has 0 bridgehead atoms. The van der Waals surface area contributed by atoms with Crippen LogP contribution in [0.3, 0.4) is 0 Å². The third-order valence-electron chi connectivity index (χ3n) is 6.09. The summed E-state index contributed by atoms with van der Waals surface area (Å²) >= 11 is 0. The van der Waals surface area contributed by atoms with E-state index in [4.69, 9.17) is 5.73 Å². The normalized spacial score (nSPS) is 29.0. The zero-order valence-electron chi connectivity index (χ0n) is 14.8. The van der Waals surface area contributed by atoms with Gasteiger partial charge in [-0.1, -0.05) is 12.8 Å². The van der Waals surface area contributed by atoms with Crippen LogP contribution in [0.5, 0.6) is 0 Å². The van der Waals surface area contributed by atoms with Crippen LogP contribution >= 0.6 is 24.8 Å². The van der Waals surface area contributed by atoms with E-state index >= 15 is 0 Å². The molecule has 2 unspecified atom stereocenters. The molecule has 4 nitrogen and oxygen atoms in total. The monoisotopic (exact) mass is 379 g/mol. The van der Waals surface area contributed by atoms with Gasteiger partial charge in [0, 0.05) is 32.1 Å². The molecule has 3 rings (SSSR count). The van der Waals surface area contributed by atoms with Crippen molar-refractivity contribution in [2.75, 3.05) is 32.7 Å². The molecule has 0 aromatic heterocycles. The molecule has 1 amide bonds. The lowest BCUT2D eigenvalue weighted by Gasteiger charge is -2.35. The molecule has 1 saturated carbocycles. The summed E-state index contributed by atoms with van der Waals surface area (Å²) in [5.74, 6) is 1.60. The molecular weight excluding hydrogens is 345 g/mol. The number of amides is 1. The third-order valence-corrected chi connectivity index (χ3v) is 6.09. The molecular formula is C18H35Cl2N3O. The Labute approximate surface area is 159 Å². The Balaban J connectivity index is 0.00000144. The summed E-state index contributed by atoms with van der Waals surface area (Å²) in [6, 6.07) is 0.255. The molecule has 1 aliphatic carbocycles. The van der Waals surface area contributed by atoms with Crippen molar-refractivity contribution >= 4 is 30.7 Å². The summed E-state index contributed by atoms with van der Waals surface area (Å²) < 4.78 is 0. The van der Waals surface area contributed by atoms with Gasteiger partial charge >= 0.3 is 0 Å². The van der Waals surface area contributed by atoms with E-state index < -0.39 is 0 Å². The number of carbonyl (C=O) groups is 1. The van der Waals surface area contributed by atoms with Crippen LogP contribution in [0.4, 0.5) is 0 Å². The first-order valence-electron chi connectivity index (χ1n) is 9.48. The second kappa shape index (κ2) is 10.8. The molecule has 3 fully saturated rings. The maximum atomic E-state index is 12.5. The first-order valence-corrected chi connectivity index (χ1v) is 9.48. The highest BCUT2D eigenvalue weighted by Gasteiger charge is 2.29. The van der Waals surface area contributed by atoms with Crippen molar-refractivity contribution < 1.29 is 4.79 Å². The van der Waals surface area contributed by atoms with E-state index in [2.05, 4.69) is 9.80 Å². The van der Waals surface area contributed by atoms with Crippen LogP contribution < -0.4 is 5.73 Å². The Morgan fingerprint density at radius 2 is 1.50 bits per heavy atom. The second-order valence-corrected chi connectivity index (χ2v) is 7.74. The zero-order chi connectivity index (χ0) is 15.4. The molecule has 24 heavy (non-hydrogen) atoms. The lowest BCUT2D eigenvalue weighted by Crippen LogP contribution is -2.43. The van der Waals surface area contributed by atoms with Crippen molar-refractivity contribution in [1.29, 1.82) is 0 Å². The van der Waals surface area contributed by atoms with Gasteiger partial charge in [-0.3, -0.25) is 4.79 Å². The van der Waals surface area contributed by atoms with Crippen LogP contribution in [0.15, 0.2) is 0 Å². The molecule has 2 saturated heterocycles. The lowest BCUT2D eigenvalue weighted by molar-refractivity contribution is -0.134. The van der Waals surface area contributed by atoms with Crippen LogP contribution in [0.25, 0.3) is 0 Å². The Bertz CT molecular complexity index is 369. The quantitative estimate of drug-likeness (QED) is 0.816. The fraction of sp³-hybridized carbons (Fsp3) is 0.944. The third kappa shape index (κ3) is 6.05. The molecule has 0 aromatic carbocycles. The standard InChI is InChI=1S/C18H33N3O.2ClH/c19-17-6-2-1-5-16(17)13-18(22)21-11-7-15(8-12-21)14-20-9-3-4-10-20;;/h15-17H,1-14,19H2;2*1H. The van der Waals surface area contributed by atoms with E-state index in [9.17, 15) is 4.79 Å². The number of halogens is 2. The van der Waals surface area contributed by atoms with Crippen molar-refractivity contribution in [3.63, 3.8) is 0 Å². The largest absolute Gasteiger partial charge is 0.343 e. The molecule has 142 valence electrons. The van der Waals surface area contributed by atoms with Gasteiger partial charge in [0.25, 0.3) is 0 Å². The average molecular weight is 380 g/mol. The number of rotatable bonds is 4. The highest BCUT2D eigenvalue weighted by molar-refractivity contribution is 5.85. The highest BCUT2D eigenvalue weighted by atomic mass is 35.5. The fourth-order valence-electron chi connectivity index (χ4n) is 4.54. The summed E-state index contributed by atoms with van der Waals surface area (Å²) in [4.78, 5) is 17.3. The van der Waals surface area contributed by atoms with E-state index in [1.807, 2.05) is 0 Å². The fourth-order valence-corrected chi connectivity index (χ4v) is 4.54. The van der Waals surface area contributed by atoms with Crippen molar-refractivity contribution in [2.45, 2.75) is 63.8 Å². The van der Waals surface area contributed by atoms with E-state index in [-0.39, 0.29) is 30.9 Å². The molecule has 2 aliphatic heterocycles. The summed E-state index contributed by atoms with van der Waals surface area (Å²) in [6.45, 7) is 5.78. The SMILES string of the molecule is Cl.Cl.NC1CCCCC1CC(=O)N1CCC(CN2CCCC2)CC1. The Hall–Kier alpha value is -0.0300. The first-order chi connectivity index (χ1) is 10.7. The minimum absolute atomic E-state index is 0. The number of nitrogens with zero attached hydrogens (tertiary/aromatic N) is 2. The van der Waals surface area contributed by atoms with Crippen LogP contribution in [0, 0.1) is 11.8 Å². The molecule has 0 spiro atoms. The van der Waals surface area contributed by atoms with E-state index in [1.165, 1.54) is 58.2 Å². The highest BCUT2D eigenvalue weighted by Crippen LogP contribution is 2.27. The van der Waals surface area contributed by atoms with Crippen LogP contribution in [0.2, 0.25) is 0 Å². The number of nitrogens with two attached hydrogens (primary N) is 1. The lowest BCUT2D eigenvalue weighted by atomic mass is 9.82. The Morgan fingerprint density at radius 1 is 0.875 bits per heavy atom. The summed E-state index contributed by atoms with van der Waals surface area (Å²) in [7, 11) is 0. The predicted molar refractivity (Wildman–Crippen MR) is 104 cm³/mol. The molecule has 2 atom stereocenters. The van der Waals surface area contributed by atoms with Crippen LogP contribution in [-0.2, 0) is 4.79 Å². The minimum Gasteiger partial charge on any atom is -0.343 e. The minimum atomic E-state index is 0. The van der Waals surface area contributed by atoms with Gasteiger partial charge in [-0.05, 0) is 63.5 Å². The van der Waals surface area contributed by atoms with Gasteiger partial charge in [0.15, 0.2) is 0 Å². The maximum Gasteiger partial charge on any atom is 0.222 e. The van der Waals surface area contributed by atoms with Gasteiger partial charge in [-0.2, -0.15) is 0 Å². The average Bonchev–Trinajstić information content (AvgIpc) is 3.03. The van der Waals surface area contributed by atoms with Crippen molar-refractivity contribution in [1.82, 2.24) is 9.80 Å². The molecule has 3 aliphatic rings. The first kappa shape index (κ1) is 22.0. The van der Waals surface area contributed by atoms with E-state index in [0.717, 1.165) is 31.8 Å². The number of hydrogen-bond donors (Lipinski definition) is 1. The van der Waals surface area contributed by atoms with E-state index in [0.29, 0.717) is 18.2 Å². The Morgan fingerprint density at radius 3 is 2.12 bits per heavy atom. The zero-order valence-corrected chi connectivity index (χ0v) is 16.5. The van der Waals surface area contributed by atoms with Gasteiger partial charge in [-0.15, -0.1) is 24.8 Å². The van der Waals surface area contributed by atoms with Crippen LogP contribution in [-0.4, -0.2) is 54.5 Å². The molecule has 0 aromatic rings. The summed E-state index contributed by atoms with van der Waals surface area (Å²) in [6.07, 6.45) is 10.6. The van der Waals surface area contributed by atoms with Gasteiger partial charge in [0.1, 0.15) is 0 Å². The van der Waals surface area contributed by atoms with Gasteiger partial charge < -0.3 is 15.5 Å². The topological polar surface area (TPSA) is 49.6 Å². The molecule has 6 heteroatoms. The number of likely N-dealkylation sites (tertiary alicyclic amines) is 2. The van der Waals surface area contributed by atoms with E-state index in [1.54, 1.807) is 0 Å². The summed E-state index contributed by atoms with van der Waals surface area (Å²) in [5, 5.41) is 0. The number of hydrogen-bond acceptors (Lipinski definition) is 3. The predicted octanol–water partition coefficient (Wildman–Crippen LogP) is 3.07. The number of piperidine rings is 1.